The van der Waals surface area contributed by atoms with Crippen LogP contribution in [0.4, 0.5) is 5.82 Å². The Balaban J connectivity index is 1.69. The first-order valence-corrected chi connectivity index (χ1v) is 7.26. The fraction of sp³-hybridized carbons (Fsp3) is 0.333. The summed E-state index contributed by atoms with van der Waals surface area (Å²) in [4.78, 5) is 0. The van der Waals surface area contributed by atoms with Gasteiger partial charge in [0.05, 0.1) is 5.69 Å². The highest BCUT2D eigenvalue weighted by molar-refractivity contribution is 6.30. The van der Waals surface area contributed by atoms with E-state index in [0.29, 0.717) is 6.04 Å². The average molecular weight is 289 g/mol. The van der Waals surface area contributed by atoms with Gasteiger partial charge in [-0.25, -0.2) is 0 Å². The Hall–Kier alpha value is -1.65. The molecule has 1 fully saturated rings. The molecule has 3 rings (SSSR count). The molecule has 0 radical (unpaired) electrons. The summed E-state index contributed by atoms with van der Waals surface area (Å²) in [5, 5.41) is 16.0. The van der Waals surface area contributed by atoms with E-state index in [9.17, 15) is 0 Å². The van der Waals surface area contributed by atoms with Crippen LogP contribution in [0, 0.1) is 0 Å². The van der Waals surface area contributed by atoms with Gasteiger partial charge in [0.15, 0.2) is 0 Å². The molecule has 1 aliphatic heterocycles. The van der Waals surface area contributed by atoms with Gasteiger partial charge in [-0.2, -0.15) is 0 Å². The summed E-state index contributed by atoms with van der Waals surface area (Å²) in [6.07, 6.45) is 2.25. The van der Waals surface area contributed by atoms with Crippen LogP contribution in [0.25, 0.3) is 11.3 Å². The Labute approximate surface area is 123 Å². The molecule has 0 bridgehead atoms. The Morgan fingerprint density at radius 2 is 1.75 bits per heavy atom. The summed E-state index contributed by atoms with van der Waals surface area (Å²) in [5.74, 6) is 0.842. The monoisotopic (exact) mass is 288 g/mol. The maximum atomic E-state index is 5.88. The fourth-order valence-electron chi connectivity index (χ4n) is 2.36. The van der Waals surface area contributed by atoms with E-state index in [1.807, 2.05) is 36.4 Å². The van der Waals surface area contributed by atoms with Crippen LogP contribution in [0.2, 0.25) is 5.02 Å². The zero-order valence-electron chi connectivity index (χ0n) is 11.1. The Bertz CT molecular complexity index is 547. The molecule has 4 nitrogen and oxygen atoms in total. The van der Waals surface area contributed by atoms with Crippen LogP contribution in [0.1, 0.15) is 12.8 Å². The van der Waals surface area contributed by atoms with Crippen LogP contribution in [-0.4, -0.2) is 29.3 Å². The second-order valence-corrected chi connectivity index (χ2v) is 5.42. The van der Waals surface area contributed by atoms with Gasteiger partial charge >= 0.3 is 0 Å². The predicted molar refractivity (Wildman–Crippen MR) is 82.0 cm³/mol. The van der Waals surface area contributed by atoms with Crippen molar-refractivity contribution >= 4 is 17.4 Å². The fourth-order valence-corrected chi connectivity index (χ4v) is 2.49. The first-order valence-electron chi connectivity index (χ1n) is 6.88. The second-order valence-electron chi connectivity index (χ2n) is 4.98. The highest BCUT2D eigenvalue weighted by Crippen LogP contribution is 2.20. The number of halogens is 1. The molecule has 0 aliphatic carbocycles. The third kappa shape index (κ3) is 3.26. The average Bonchev–Trinajstić information content (AvgIpc) is 2.50. The van der Waals surface area contributed by atoms with Gasteiger partial charge in [0.1, 0.15) is 5.82 Å². The number of rotatable bonds is 3. The molecule has 104 valence electrons. The quantitative estimate of drug-likeness (QED) is 0.912. The van der Waals surface area contributed by atoms with Crippen molar-refractivity contribution in [1.82, 2.24) is 15.5 Å². The van der Waals surface area contributed by atoms with Crippen molar-refractivity contribution in [3.05, 3.63) is 41.4 Å². The van der Waals surface area contributed by atoms with Gasteiger partial charge in [0.2, 0.25) is 0 Å². The molecule has 0 atom stereocenters. The lowest BCUT2D eigenvalue weighted by Gasteiger charge is -2.23. The van der Waals surface area contributed by atoms with E-state index in [4.69, 9.17) is 11.6 Å². The van der Waals surface area contributed by atoms with Crippen LogP contribution in [0.5, 0.6) is 0 Å². The van der Waals surface area contributed by atoms with Crippen molar-refractivity contribution in [3.63, 3.8) is 0 Å². The first-order chi connectivity index (χ1) is 9.81. The molecule has 0 saturated carbocycles. The lowest BCUT2D eigenvalue weighted by Crippen LogP contribution is -2.35. The van der Waals surface area contributed by atoms with E-state index in [1.54, 1.807) is 0 Å². The van der Waals surface area contributed by atoms with Crippen LogP contribution in [0.15, 0.2) is 36.4 Å². The van der Waals surface area contributed by atoms with E-state index in [1.165, 1.54) is 0 Å². The molecular formula is C15H17ClN4. The lowest BCUT2D eigenvalue weighted by molar-refractivity contribution is 0.478. The van der Waals surface area contributed by atoms with Crippen LogP contribution >= 0.6 is 11.6 Å². The van der Waals surface area contributed by atoms with Gasteiger partial charge in [0, 0.05) is 16.6 Å². The summed E-state index contributed by atoms with van der Waals surface area (Å²) in [6, 6.07) is 12.1. The SMILES string of the molecule is Clc1ccc(-c2ccc(NC3CCNCC3)nn2)cc1. The highest BCUT2D eigenvalue weighted by Gasteiger charge is 2.13. The van der Waals surface area contributed by atoms with E-state index in [0.717, 1.165) is 48.0 Å². The molecule has 0 unspecified atom stereocenters. The molecule has 2 heterocycles. The topological polar surface area (TPSA) is 49.8 Å². The first kappa shape index (κ1) is 13.3. The van der Waals surface area contributed by atoms with E-state index < -0.39 is 0 Å². The number of hydrogen-bond acceptors (Lipinski definition) is 4. The molecule has 5 heteroatoms. The van der Waals surface area contributed by atoms with Crippen molar-refractivity contribution in [3.8, 4) is 11.3 Å². The Morgan fingerprint density at radius 1 is 1.00 bits per heavy atom. The molecular weight excluding hydrogens is 272 g/mol. The van der Waals surface area contributed by atoms with Crippen molar-refractivity contribution in [2.24, 2.45) is 0 Å². The number of benzene rings is 1. The summed E-state index contributed by atoms with van der Waals surface area (Å²) >= 11 is 5.88. The molecule has 1 aromatic carbocycles. The Kier molecular flexibility index (Phi) is 4.14. The molecule has 1 saturated heterocycles. The van der Waals surface area contributed by atoms with Crippen molar-refractivity contribution in [1.29, 1.82) is 0 Å². The van der Waals surface area contributed by atoms with Crippen molar-refractivity contribution in [2.45, 2.75) is 18.9 Å². The minimum atomic E-state index is 0.493. The van der Waals surface area contributed by atoms with E-state index in [-0.39, 0.29) is 0 Å². The largest absolute Gasteiger partial charge is 0.366 e. The maximum absolute atomic E-state index is 5.88. The number of nitrogens with zero attached hydrogens (tertiary/aromatic N) is 2. The predicted octanol–water partition coefficient (Wildman–Crippen LogP) is 2.96. The molecule has 2 N–H and O–H groups in total. The molecule has 20 heavy (non-hydrogen) atoms. The maximum Gasteiger partial charge on any atom is 0.148 e. The molecule has 1 aromatic heterocycles. The number of piperidine rings is 1. The molecule has 0 amide bonds. The Morgan fingerprint density at radius 3 is 2.40 bits per heavy atom. The van der Waals surface area contributed by atoms with Gasteiger partial charge in [0.25, 0.3) is 0 Å². The van der Waals surface area contributed by atoms with Gasteiger partial charge in [-0.1, -0.05) is 23.7 Å². The standard InChI is InChI=1S/C15H17ClN4/c16-12-3-1-11(2-4-12)14-5-6-15(20-19-14)18-13-7-9-17-10-8-13/h1-6,13,17H,7-10H2,(H,18,20). The minimum Gasteiger partial charge on any atom is -0.366 e. The van der Waals surface area contributed by atoms with E-state index >= 15 is 0 Å². The van der Waals surface area contributed by atoms with Gasteiger partial charge in [-0.05, 0) is 50.2 Å². The van der Waals surface area contributed by atoms with Crippen LogP contribution in [0.3, 0.4) is 0 Å². The van der Waals surface area contributed by atoms with Gasteiger partial charge in [-0.3, -0.25) is 0 Å². The van der Waals surface area contributed by atoms with Crippen molar-refractivity contribution in [2.75, 3.05) is 18.4 Å². The lowest BCUT2D eigenvalue weighted by atomic mass is 10.1. The van der Waals surface area contributed by atoms with Crippen LogP contribution < -0.4 is 10.6 Å². The molecule has 2 aromatic rings. The smallest absolute Gasteiger partial charge is 0.148 e. The number of hydrogen-bond donors (Lipinski definition) is 2. The highest BCUT2D eigenvalue weighted by atomic mass is 35.5. The number of aromatic nitrogens is 2. The normalized spacial score (nSPS) is 16.1. The van der Waals surface area contributed by atoms with Gasteiger partial charge < -0.3 is 10.6 Å². The van der Waals surface area contributed by atoms with E-state index in [2.05, 4.69) is 20.8 Å². The zero-order chi connectivity index (χ0) is 13.8. The summed E-state index contributed by atoms with van der Waals surface area (Å²) in [6.45, 7) is 2.13. The zero-order valence-corrected chi connectivity index (χ0v) is 11.9. The van der Waals surface area contributed by atoms with Crippen LogP contribution in [-0.2, 0) is 0 Å². The second kappa shape index (κ2) is 6.20. The third-order valence-corrected chi connectivity index (χ3v) is 3.75. The summed E-state index contributed by atoms with van der Waals surface area (Å²) < 4.78 is 0. The third-order valence-electron chi connectivity index (χ3n) is 3.50. The summed E-state index contributed by atoms with van der Waals surface area (Å²) in [5.41, 5.74) is 1.88. The molecule has 0 spiro atoms. The minimum absolute atomic E-state index is 0.493. The molecule has 1 aliphatic rings. The summed E-state index contributed by atoms with van der Waals surface area (Å²) in [7, 11) is 0. The number of anilines is 1. The van der Waals surface area contributed by atoms with Gasteiger partial charge in [-0.15, -0.1) is 10.2 Å². The van der Waals surface area contributed by atoms with Crippen molar-refractivity contribution < 1.29 is 0 Å². The number of nitrogens with one attached hydrogen (secondary N) is 2.